The van der Waals surface area contributed by atoms with E-state index in [4.69, 9.17) is 0 Å². The van der Waals surface area contributed by atoms with Crippen molar-refractivity contribution in [2.75, 3.05) is 18.8 Å². The third-order valence-corrected chi connectivity index (χ3v) is 3.44. The number of sulfone groups is 1. The van der Waals surface area contributed by atoms with Gasteiger partial charge in [0.05, 0.1) is 5.75 Å². The topological polar surface area (TPSA) is 54.5 Å². The van der Waals surface area contributed by atoms with Crippen LogP contribution in [-0.4, -0.2) is 37.4 Å². The lowest BCUT2D eigenvalue weighted by molar-refractivity contribution is 0.220. The van der Waals surface area contributed by atoms with Crippen molar-refractivity contribution >= 4 is 15.1 Å². The van der Waals surface area contributed by atoms with Crippen molar-refractivity contribution in [3.05, 3.63) is 0 Å². The molecule has 0 aliphatic carbocycles. The quantitative estimate of drug-likeness (QED) is 0.709. The SMILES string of the molecule is CCCN(CCC)C(=O)S(=O)(=O)CC. The van der Waals surface area contributed by atoms with E-state index in [9.17, 15) is 13.2 Å². The molecule has 0 atom stereocenters. The Hall–Kier alpha value is -0.580. The molecule has 0 spiro atoms. The van der Waals surface area contributed by atoms with Crippen LogP contribution in [0.15, 0.2) is 0 Å². The van der Waals surface area contributed by atoms with E-state index in [0.29, 0.717) is 13.1 Å². The third-order valence-electron chi connectivity index (χ3n) is 1.89. The number of amides is 1. The molecule has 0 aliphatic heterocycles. The summed E-state index contributed by atoms with van der Waals surface area (Å²) in [5, 5.41) is -0.719. The summed E-state index contributed by atoms with van der Waals surface area (Å²) in [6, 6.07) is 0. The maximum atomic E-state index is 11.5. The van der Waals surface area contributed by atoms with Crippen LogP contribution in [0.4, 0.5) is 4.79 Å². The molecule has 4 nitrogen and oxygen atoms in total. The van der Waals surface area contributed by atoms with Crippen molar-refractivity contribution < 1.29 is 13.2 Å². The van der Waals surface area contributed by atoms with Gasteiger partial charge in [-0.2, -0.15) is 0 Å². The number of carbonyl (C=O) groups excluding carboxylic acids is 1. The van der Waals surface area contributed by atoms with Gasteiger partial charge < -0.3 is 4.90 Å². The standard InChI is InChI=1S/C9H19NO3S/c1-4-7-10(8-5-2)9(11)14(12,13)6-3/h4-8H2,1-3H3. The Bertz CT molecular complexity index is 266. The molecule has 0 heterocycles. The molecule has 0 aromatic heterocycles. The zero-order chi connectivity index (χ0) is 11.2. The van der Waals surface area contributed by atoms with Crippen molar-refractivity contribution in [2.24, 2.45) is 0 Å². The zero-order valence-corrected chi connectivity index (χ0v) is 9.93. The average molecular weight is 221 g/mol. The summed E-state index contributed by atoms with van der Waals surface area (Å²) in [5.41, 5.74) is 0. The van der Waals surface area contributed by atoms with Crippen molar-refractivity contribution in [3.63, 3.8) is 0 Å². The Morgan fingerprint density at radius 2 is 1.50 bits per heavy atom. The van der Waals surface area contributed by atoms with Crippen molar-refractivity contribution in [3.8, 4) is 0 Å². The lowest BCUT2D eigenvalue weighted by Gasteiger charge is -2.20. The molecular formula is C9H19NO3S. The zero-order valence-electron chi connectivity index (χ0n) is 9.12. The molecule has 0 aromatic carbocycles. The minimum atomic E-state index is -3.55. The van der Waals surface area contributed by atoms with Crippen LogP contribution in [0, 0.1) is 0 Å². The molecular weight excluding hydrogens is 202 g/mol. The highest BCUT2D eigenvalue weighted by atomic mass is 32.2. The van der Waals surface area contributed by atoms with Gasteiger partial charge in [0, 0.05) is 13.1 Å². The third kappa shape index (κ3) is 3.65. The lowest BCUT2D eigenvalue weighted by Crippen LogP contribution is -2.37. The molecule has 0 saturated heterocycles. The average Bonchev–Trinajstić information content (AvgIpc) is 2.16. The second-order valence-electron chi connectivity index (χ2n) is 3.16. The number of rotatable bonds is 5. The van der Waals surface area contributed by atoms with Gasteiger partial charge in [0.15, 0.2) is 0 Å². The predicted molar refractivity (Wildman–Crippen MR) is 57.0 cm³/mol. The molecule has 0 N–H and O–H groups in total. The summed E-state index contributed by atoms with van der Waals surface area (Å²) in [4.78, 5) is 12.9. The van der Waals surface area contributed by atoms with E-state index in [2.05, 4.69) is 0 Å². The normalized spacial score (nSPS) is 11.4. The fraction of sp³-hybridized carbons (Fsp3) is 0.889. The monoisotopic (exact) mass is 221 g/mol. The van der Waals surface area contributed by atoms with Gasteiger partial charge in [-0.15, -0.1) is 0 Å². The molecule has 84 valence electrons. The van der Waals surface area contributed by atoms with Crippen molar-refractivity contribution in [1.29, 1.82) is 0 Å². The fourth-order valence-electron chi connectivity index (χ4n) is 1.15. The van der Waals surface area contributed by atoms with Crippen molar-refractivity contribution in [2.45, 2.75) is 33.6 Å². The Morgan fingerprint density at radius 3 is 1.79 bits per heavy atom. The van der Waals surface area contributed by atoms with E-state index in [0.717, 1.165) is 12.8 Å². The highest BCUT2D eigenvalue weighted by Crippen LogP contribution is 2.03. The lowest BCUT2D eigenvalue weighted by atomic mass is 10.4. The molecule has 0 unspecified atom stereocenters. The predicted octanol–water partition coefficient (Wildman–Crippen LogP) is 1.66. The van der Waals surface area contributed by atoms with Gasteiger partial charge in [-0.1, -0.05) is 20.8 Å². The number of nitrogens with zero attached hydrogens (tertiary/aromatic N) is 1. The molecule has 0 rings (SSSR count). The molecule has 0 aliphatic rings. The fourth-order valence-corrected chi connectivity index (χ4v) is 1.98. The number of hydrogen-bond acceptors (Lipinski definition) is 3. The van der Waals surface area contributed by atoms with E-state index in [1.165, 1.54) is 11.8 Å². The van der Waals surface area contributed by atoms with Gasteiger partial charge in [-0.25, -0.2) is 8.42 Å². The summed E-state index contributed by atoms with van der Waals surface area (Å²) in [5.74, 6) is -0.115. The Labute approximate surface area is 86.2 Å². The number of hydrogen-bond donors (Lipinski definition) is 0. The first-order chi connectivity index (χ1) is 6.49. The highest BCUT2D eigenvalue weighted by molar-refractivity contribution is 8.05. The first-order valence-corrected chi connectivity index (χ1v) is 6.66. The van der Waals surface area contributed by atoms with Crippen LogP contribution in [0.25, 0.3) is 0 Å². The Kier molecular flexibility index (Phi) is 5.76. The highest BCUT2D eigenvalue weighted by Gasteiger charge is 2.25. The van der Waals surface area contributed by atoms with Gasteiger partial charge in [0.25, 0.3) is 0 Å². The van der Waals surface area contributed by atoms with Crippen LogP contribution in [-0.2, 0) is 9.84 Å². The van der Waals surface area contributed by atoms with Crippen LogP contribution in [0.5, 0.6) is 0 Å². The van der Waals surface area contributed by atoms with E-state index >= 15 is 0 Å². The minimum Gasteiger partial charge on any atom is -0.329 e. The molecule has 0 aromatic rings. The number of carbonyl (C=O) groups is 1. The van der Waals surface area contributed by atoms with Gasteiger partial charge in [-0.3, -0.25) is 4.79 Å². The van der Waals surface area contributed by atoms with Gasteiger partial charge in [-0.05, 0) is 12.8 Å². The molecule has 5 heteroatoms. The van der Waals surface area contributed by atoms with Gasteiger partial charge in [0.1, 0.15) is 0 Å². The molecule has 0 bridgehead atoms. The molecule has 0 fully saturated rings. The summed E-state index contributed by atoms with van der Waals surface area (Å²) in [6.07, 6.45) is 1.57. The van der Waals surface area contributed by atoms with Crippen molar-refractivity contribution in [1.82, 2.24) is 4.90 Å². The first kappa shape index (κ1) is 13.4. The molecule has 1 amide bonds. The van der Waals surface area contributed by atoms with Crippen LogP contribution in [0.3, 0.4) is 0 Å². The maximum absolute atomic E-state index is 11.5. The summed E-state index contributed by atoms with van der Waals surface area (Å²) in [6.45, 7) is 6.38. The summed E-state index contributed by atoms with van der Waals surface area (Å²) in [7, 11) is -3.55. The van der Waals surface area contributed by atoms with Crippen LogP contribution < -0.4 is 0 Å². The smallest absolute Gasteiger partial charge is 0.329 e. The largest absolute Gasteiger partial charge is 0.338 e. The van der Waals surface area contributed by atoms with E-state index < -0.39 is 15.1 Å². The van der Waals surface area contributed by atoms with Gasteiger partial charge >= 0.3 is 5.24 Å². The summed E-state index contributed by atoms with van der Waals surface area (Å²) < 4.78 is 22.6. The maximum Gasteiger partial charge on any atom is 0.338 e. The molecule has 0 saturated carbocycles. The van der Waals surface area contributed by atoms with Crippen LogP contribution >= 0.6 is 0 Å². The van der Waals surface area contributed by atoms with Crippen LogP contribution in [0.2, 0.25) is 0 Å². The summed E-state index contributed by atoms with van der Waals surface area (Å²) >= 11 is 0. The van der Waals surface area contributed by atoms with E-state index in [1.54, 1.807) is 0 Å². The van der Waals surface area contributed by atoms with Gasteiger partial charge in [0.2, 0.25) is 9.84 Å². The minimum absolute atomic E-state index is 0.115. The Morgan fingerprint density at radius 1 is 1.07 bits per heavy atom. The Balaban J connectivity index is 4.59. The van der Waals surface area contributed by atoms with E-state index in [1.807, 2.05) is 13.8 Å². The van der Waals surface area contributed by atoms with Crippen LogP contribution in [0.1, 0.15) is 33.6 Å². The molecule has 0 radical (unpaired) electrons. The molecule has 14 heavy (non-hydrogen) atoms. The second-order valence-corrected chi connectivity index (χ2v) is 5.31. The first-order valence-electron chi connectivity index (χ1n) is 5.01. The second kappa shape index (κ2) is 6.01. The van der Waals surface area contributed by atoms with E-state index in [-0.39, 0.29) is 5.75 Å².